The fourth-order valence-electron chi connectivity index (χ4n) is 2.59. The van der Waals surface area contributed by atoms with Crippen LogP contribution < -0.4 is 4.90 Å². The highest BCUT2D eigenvalue weighted by Crippen LogP contribution is 2.27. The Morgan fingerprint density at radius 2 is 1.64 bits per heavy atom. The van der Waals surface area contributed by atoms with Crippen LogP contribution in [0, 0.1) is 11.6 Å². The molecule has 0 unspecified atom stereocenters. The first-order valence-corrected chi connectivity index (χ1v) is 11.0. The van der Waals surface area contributed by atoms with Crippen molar-refractivity contribution in [1.82, 2.24) is 14.8 Å². The smallest absolute Gasteiger partial charge is 0.196 e. The second-order valence-electron chi connectivity index (χ2n) is 6.58. The van der Waals surface area contributed by atoms with Crippen LogP contribution in [0.5, 0.6) is 0 Å². The van der Waals surface area contributed by atoms with Gasteiger partial charge in [0.15, 0.2) is 11.0 Å². The zero-order chi connectivity index (χ0) is 20.1. The van der Waals surface area contributed by atoms with E-state index in [0.29, 0.717) is 4.90 Å². The summed E-state index contributed by atoms with van der Waals surface area (Å²) in [6, 6.07) is 13.2. The molecule has 2 aromatic carbocycles. The van der Waals surface area contributed by atoms with Crippen molar-refractivity contribution in [3.05, 3.63) is 66.0 Å². The lowest BCUT2D eigenvalue weighted by atomic mass is 10.2. The van der Waals surface area contributed by atoms with Gasteiger partial charge in [-0.3, -0.25) is 4.57 Å². The SMILES string of the molecule is C[C@@H](c1nnc(SCCSc2ccccc2F)n1-c1ccc(F)cc1)[NH+](C)C. The lowest BCUT2D eigenvalue weighted by Gasteiger charge is -2.18. The number of rotatable bonds is 8. The second kappa shape index (κ2) is 9.54. The van der Waals surface area contributed by atoms with E-state index in [9.17, 15) is 8.78 Å². The van der Waals surface area contributed by atoms with Crippen molar-refractivity contribution in [2.24, 2.45) is 0 Å². The van der Waals surface area contributed by atoms with E-state index >= 15 is 0 Å². The van der Waals surface area contributed by atoms with E-state index in [1.54, 1.807) is 36.0 Å². The largest absolute Gasteiger partial charge is 0.331 e. The van der Waals surface area contributed by atoms with Gasteiger partial charge in [-0.25, -0.2) is 8.78 Å². The topological polar surface area (TPSA) is 35.1 Å². The molecule has 3 aromatic rings. The Bertz CT molecular complexity index is 913. The Balaban J connectivity index is 1.76. The number of hydrogen-bond donors (Lipinski definition) is 1. The first kappa shape index (κ1) is 20.8. The molecule has 148 valence electrons. The molecule has 8 heteroatoms. The molecule has 3 rings (SSSR count). The molecule has 0 saturated carbocycles. The summed E-state index contributed by atoms with van der Waals surface area (Å²) in [4.78, 5) is 1.87. The third-order valence-corrected chi connectivity index (χ3v) is 6.64. The molecule has 0 spiro atoms. The van der Waals surface area contributed by atoms with Crippen LogP contribution in [0.3, 0.4) is 0 Å². The van der Waals surface area contributed by atoms with Crippen LogP contribution in [-0.2, 0) is 0 Å². The van der Waals surface area contributed by atoms with E-state index in [0.717, 1.165) is 28.2 Å². The average Bonchev–Trinajstić information content (AvgIpc) is 3.10. The van der Waals surface area contributed by atoms with Gasteiger partial charge in [0.1, 0.15) is 17.7 Å². The van der Waals surface area contributed by atoms with Crippen molar-refractivity contribution in [3.63, 3.8) is 0 Å². The van der Waals surface area contributed by atoms with Gasteiger partial charge in [-0.1, -0.05) is 23.9 Å². The molecule has 1 aromatic heterocycles. The van der Waals surface area contributed by atoms with Crippen molar-refractivity contribution >= 4 is 23.5 Å². The third kappa shape index (κ3) is 4.92. The molecule has 0 fully saturated rings. The maximum atomic E-state index is 13.7. The molecule has 4 nitrogen and oxygen atoms in total. The molecule has 28 heavy (non-hydrogen) atoms. The summed E-state index contributed by atoms with van der Waals surface area (Å²) in [5.74, 6) is 1.85. The van der Waals surface area contributed by atoms with Gasteiger partial charge in [-0.05, 0) is 43.3 Å². The maximum absolute atomic E-state index is 13.7. The molecule has 0 amide bonds. The second-order valence-corrected chi connectivity index (χ2v) is 8.78. The summed E-state index contributed by atoms with van der Waals surface area (Å²) in [7, 11) is 4.12. The normalized spacial score (nSPS) is 12.5. The summed E-state index contributed by atoms with van der Waals surface area (Å²) in [6.07, 6.45) is 0. The molecule has 1 atom stereocenters. The molecule has 0 saturated heterocycles. The number of hydrogen-bond acceptors (Lipinski definition) is 4. The Morgan fingerprint density at radius 1 is 0.964 bits per heavy atom. The minimum absolute atomic E-state index is 0.125. The number of benzene rings is 2. The van der Waals surface area contributed by atoms with Gasteiger partial charge in [-0.2, -0.15) is 0 Å². The lowest BCUT2D eigenvalue weighted by molar-refractivity contribution is -0.890. The van der Waals surface area contributed by atoms with Crippen LogP contribution >= 0.6 is 23.5 Å². The lowest BCUT2D eigenvalue weighted by Crippen LogP contribution is -3.05. The zero-order valence-corrected chi connectivity index (χ0v) is 17.7. The summed E-state index contributed by atoms with van der Waals surface area (Å²) >= 11 is 3.05. The van der Waals surface area contributed by atoms with Gasteiger partial charge in [0.25, 0.3) is 0 Å². The number of thioether (sulfide) groups is 2. The van der Waals surface area contributed by atoms with E-state index in [4.69, 9.17) is 0 Å². The van der Waals surface area contributed by atoms with Crippen molar-refractivity contribution in [1.29, 1.82) is 0 Å². The van der Waals surface area contributed by atoms with Crippen LogP contribution in [0.2, 0.25) is 0 Å². The third-order valence-electron chi connectivity index (χ3n) is 4.41. The molecular formula is C20H23F2N4S2+. The van der Waals surface area contributed by atoms with Crippen molar-refractivity contribution in [2.75, 3.05) is 25.6 Å². The van der Waals surface area contributed by atoms with Crippen molar-refractivity contribution < 1.29 is 13.7 Å². The highest BCUT2D eigenvalue weighted by molar-refractivity contribution is 8.02. The number of nitrogens with one attached hydrogen (secondary N) is 1. The van der Waals surface area contributed by atoms with E-state index in [-0.39, 0.29) is 17.7 Å². The quantitative estimate of drug-likeness (QED) is 0.445. The minimum atomic E-state index is -0.278. The Morgan fingerprint density at radius 3 is 2.32 bits per heavy atom. The van der Waals surface area contributed by atoms with Gasteiger partial charge in [0.2, 0.25) is 0 Å². The van der Waals surface area contributed by atoms with Gasteiger partial charge < -0.3 is 4.90 Å². The number of aromatic nitrogens is 3. The molecule has 0 aliphatic carbocycles. The number of quaternary nitrogens is 1. The van der Waals surface area contributed by atoms with Crippen LogP contribution in [0.15, 0.2) is 58.6 Å². The highest BCUT2D eigenvalue weighted by atomic mass is 32.2. The fraction of sp³-hybridized carbons (Fsp3) is 0.300. The van der Waals surface area contributed by atoms with Crippen LogP contribution in [0.1, 0.15) is 18.8 Å². The van der Waals surface area contributed by atoms with E-state index in [2.05, 4.69) is 31.2 Å². The predicted molar refractivity (Wildman–Crippen MR) is 110 cm³/mol. The molecule has 0 bridgehead atoms. The Kier molecular flexibility index (Phi) is 7.09. The average molecular weight is 422 g/mol. The minimum Gasteiger partial charge on any atom is -0.331 e. The van der Waals surface area contributed by atoms with Gasteiger partial charge in [0.05, 0.1) is 14.1 Å². The molecule has 0 aliphatic heterocycles. The monoisotopic (exact) mass is 421 g/mol. The van der Waals surface area contributed by atoms with Crippen molar-refractivity contribution in [3.8, 4) is 5.69 Å². The molecule has 1 heterocycles. The van der Waals surface area contributed by atoms with E-state index in [1.165, 1.54) is 34.9 Å². The molecule has 1 N–H and O–H groups in total. The Hall–Kier alpha value is -1.90. The van der Waals surface area contributed by atoms with Crippen molar-refractivity contribution in [2.45, 2.75) is 23.0 Å². The number of halogens is 2. The Labute approximate surface area is 172 Å². The number of nitrogens with zero attached hydrogens (tertiary/aromatic N) is 3. The summed E-state index contributed by atoms with van der Waals surface area (Å²) in [5.41, 5.74) is 0.832. The summed E-state index contributed by atoms with van der Waals surface area (Å²) in [6.45, 7) is 2.09. The predicted octanol–water partition coefficient (Wildman–Crippen LogP) is 3.64. The fourth-order valence-corrected chi connectivity index (χ4v) is 4.47. The first-order chi connectivity index (χ1) is 13.5. The van der Waals surface area contributed by atoms with Crippen LogP contribution in [-0.4, -0.2) is 40.4 Å². The zero-order valence-electron chi connectivity index (χ0n) is 16.0. The molecule has 0 radical (unpaired) electrons. The van der Waals surface area contributed by atoms with Gasteiger partial charge >= 0.3 is 0 Å². The summed E-state index contributed by atoms with van der Waals surface area (Å²) in [5, 5.41) is 9.52. The van der Waals surface area contributed by atoms with Gasteiger partial charge in [-0.15, -0.1) is 22.0 Å². The first-order valence-electron chi connectivity index (χ1n) is 8.99. The van der Waals surface area contributed by atoms with Crippen LogP contribution in [0.4, 0.5) is 8.78 Å². The molecule has 0 aliphatic rings. The van der Waals surface area contributed by atoms with E-state index in [1.807, 2.05) is 10.6 Å². The highest BCUT2D eigenvalue weighted by Gasteiger charge is 2.23. The summed E-state index contributed by atoms with van der Waals surface area (Å²) < 4.78 is 29.1. The van der Waals surface area contributed by atoms with E-state index < -0.39 is 0 Å². The van der Waals surface area contributed by atoms with Gasteiger partial charge in [0, 0.05) is 22.1 Å². The van der Waals surface area contributed by atoms with Crippen LogP contribution in [0.25, 0.3) is 5.69 Å². The molecular weight excluding hydrogens is 398 g/mol. The standard InChI is InChI=1S/C20H22F2N4S2/c1-14(25(2)3)19-23-24-20(26(19)16-10-8-15(21)9-11-16)28-13-12-27-18-7-5-4-6-17(18)22/h4-11,14H,12-13H2,1-3H3/p+1/t14-/m0/s1. The maximum Gasteiger partial charge on any atom is 0.196 e.